The molecule has 1 atom stereocenters. The fourth-order valence-corrected chi connectivity index (χ4v) is 3.13. The van der Waals surface area contributed by atoms with Crippen LogP contribution in [0.2, 0.25) is 0 Å². The lowest BCUT2D eigenvalue weighted by Gasteiger charge is -2.39. The molecular weight excluding hydrogens is 302 g/mol. The Hall–Kier alpha value is -2.43. The van der Waals surface area contributed by atoms with E-state index in [1.807, 2.05) is 56.0 Å². The molecule has 1 aliphatic heterocycles. The van der Waals surface area contributed by atoms with E-state index < -0.39 is 0 Å². The second-order valence-electron chi connectivity index (χ2n) is 7.18. The molecule has 1 aliphatic rings. The lowest BCUT2D eigenvalue weighted by Crippen LogP contribution is -2.52. The molecule has 0 saturated heterocycles. The van der Waals surface area contributed by atoms with Gasteiger partial charge in [-0.15, -0.1) is 0 Å². The predicted octanol–water partition coefficient (Wildman–Crippen LogP) is 3.41. The third-order valence-corrected chi connectivity index (χ3v) is 4.21. The molecule has 128 valence electrons. The van der Waals surface area contributed by atoms with E-state index in [2.05, 4.69) is 22.1 Å². The molecule has 0 saturated carbocycles. The van der Waals surface area contributed by atoms with Crippen molar-refractivity contribution in [2.75, 3.05) is 13.7 Å². The summed E-state index contributed by atoms with van der Waals surface area (Å²) in [6.45, 7) is 7.49. The number of hydrogen-bond donors (Lipinski definition) is 1. The Kier molecular flexibility index (Phi) is 4.26. The molecular formula is C19H25N3O2. The van der Waals surface area contributed by atoms with Crippen LogP contribution in [-0.4, -0.2) is 34.7 Å². The van der Waals surface area contributed by atoms with Crippen molar-refractivity contribution >= 4 is 6.03 Å². The second-order valence-corrected chi connectivity index (χ2v) is 7.18. The normalized spacial score (nSPS) is 17.3. The van der Waals surface area contributed by atoms with Crippen LogP contribution in [0.1, 0.15) is 38.1 Å². The Labute approximate surface area is 143 Å². The van der Waals surface area contributed by atoms with Crippen LogP contribution in [0.15, 0.2) is 42.6 Å². The van der Waals surface area contributed by atoms with Gasteiger partial charge >= 0.3 is 6.03 Å². The first-order valence-corrected chi connectivity index (χ1v) is 8.27. The monoisotopic (exact) mass is 327 g/mol. The van der Waals surface area contributed by atoms with E-state index in [-0.39, 0.29) is 17.6 Å². The molecule has 1 N–H and O–H groups in total. The number of methoxy groups -OCH3 is 1. The Morgan fingerprint density at radius 1 is 1.17 bits per heavy atom. The number of carbonyl (C=O) groups is 1. The number of aromatic nitrogens is 1. The third kappa shape index (κ3) is 3.25. The molecule has 0 bridgehead atoms. The van der Waals surface area contributed by atoms with Gasteiger partial charge in [-0.25, -0.2) is 4.79 Å². The topological polar surface area (TPSA) is 46.5 Å². The zero-order valence-corrected chi connectivity index (χ0v) is 14.7. The number of ether oxygens (including phenoxy) is 1. The zero-order valence-electron chi connectivity index (χ0n) is 14.7. The maximum absolute atomic E-state index is 12.8. The summed E-state index contributed by atoms with van der Waals surface area (Å²) in [5.41, 5.74) is 1.95. The number of amides is 2. The summed E-state index contributed by atoms with van der Waals surface area (Å²) in [5.74, 6) is 0.815. The predicted molar refractivity (Wildman–Crippen MR) is 94.3 cm³/mol. The van der Waals surface area contributed by atoms with Crippen LogP contribution in [0.25, 0.3) is 0 Å². The van der Waals surface area contributed by atoms with E-state index in [9.17, 15) is 4.79 Å². The quantitative estimate of drug-likeness (QED) is 0.919. The molecule has 2 aromatic rings. The molecule has 2 heterocycles. The molecule has 2 amide bonds. The fraction of sp³-hybridized carbons (Fsp3) is 0.421. The summed E-state index contributed by atoms with van der Waals surface area (Å²) in [4.78, 5) is 14.8. The summed E-state index contributed by atoms with van der Waals surface area (Å²) >= 11 is 0. The van der Waals surface area contributed by atoms with Crippen molar-refractivity contribution in [1.82, 2.24) is 14.8 Å². The number of nitrogens with one attached hydrogen (secondary N) is 1. The summed E-state index contributed by atoms with van der Waals surface area (Å²) < 4.78 is 7.47. The van der Waals surface area contributed by atoms with Crippen LogP contribution in [0, 0.1) is 0 Å². The molecule has 0 fully saturated rings. The summed E-state index contributed by atoms with van der Waals surface area (Å²) in [7, 11) is 1.66. The van der Waals surface area contributed by atoms with Gasteiger partial charge in [-0.3, -0.25) is 0 Å². The van der Waals surface area contributed by atoms with Gasteiger partial charge in [0.15, 0.2) is 0 Å². The molecule has 3 rings (SSSR count). The number of fused-ring (bicyclic) bond motifs is 1. The van der Waals surface area contributed by atoms with Crippen molar-refractivity contribution < 1.29 is 9.53 Å². The van der Waals surface area contributed by atoms with Crippen LogP contribution >= 0.6 is 0 Å². The molecule has 0 unspecified atom stereocenters. The smallest absolute Gasteiger partial charge is 0.318 e. The van der Waals surface area contributed by atoms with Gasteiger partial charge in [0, 0.05) is 30.5 Å². The van der Waals surface area contributed by atoms with Gasteiger partial charge in [0.05, 0.1) is 13.2 Å². The van der Waals surface area contributed by atoms with Crippen molar-refractivity contribution in [3.8, 4) is 5.75 Å². The molecule has 5 heteroatoms. The molecule has 24 heavy (non-hydrogen) atoms. The summed E-state index contributed by atoms with van der Waals surface area (Å²) in [6.07, 6.45) is 2.07. The summed E-state index contributed by atoms with van der Waals surface area (Å²) in [5, 5.41) is 3.09. The minimum Gasteiger partial charge on any atom is -0.497 e. The van der Waals surface area contributed by atoms with Crippen LogP contribution in [-0.2, 0) is 6.54 Å². The first-order valence-electron chi connectivity index (χ1n) is 8.27. The minimum absolute atomic E-state index is 0.0317. The van der Waals surface area contributed by atoms with Crippen LogP contribution in [0.4, 0.5) is 4.79 Å². The van der Waals surface area contributed by atoms with Crippen molar-refractivity contribution in [1.29, 1.82) is 0 Å². The van der Waals surface area contributed by atoms with Gasteiger partial charge in [-0.2, -0.15) is 0 Å². The molecule has 1 aromatic carbocycles. The fourth-order valence-electron chi connectivity index (χ4n) is 3.13. The standard InChI is InChI=1S/C19H25N3O2/c1-19(2,3)20-18(23)22-13-12-21-11-5-6-16(21)17(22)14-7-9-15(24-4)10-8-14/h5-11,17H,12-13H2,1-4H3,(H,20,23)/t17-/m1/s1. The average Bonchev–Trinajstić information content (AvgIpc) is 3.01. The van der Waals surface area contributed by atoms with Crippen LogP contribution < -0.4 is 10.1 Å². The highest BCUT2D eigenvalue weighted by Crippen LogP contribution is 2.33. The highest BCUT2D eigenvalue weighted by Gasteiger charge is 2.33. The molecule has 0 spiro atoms. The van der Waals surface area contributed by atoms with E-state index >= 15 is 0 Å². The highest BCUT2D eigenvalue weighted by atomic mass is 16.5. The van der Waals surface area contributed by atoms with Gasteiger partial charge < -0.3 is 19.5 Å². The van der Waals surface area contributed by atoms with Crippen LogP contribution in [0.3, 0.4) is 0 Å². The lowest BCUT2D eigenvalue weighted by atomic mass is 10.00. The Morgan fingerprint density at radius 2 is 1.88 bits per heavy atom. The number of hydrogen-bond acceptors (Lipinski definition) is 2. The van der Waals surface area contributed by atoms with Gasteiger partial charge in [-0.05, 0) is 50.6 Å². The molecule has 0 aliphatic carbocycles. The minimum atomic E-state index is -0.263. The number of benzene rings is 1. The summed E-state index contributed by atoms with van der Waals surface area (Å²) in [6, 6.07) is 11.9. The van der Waals surface area contributed by atoms with Gasteiger partial charge in [-0.1, -0.05) is 12.1 Å². The van der Waals surface area contributed by atoms with Gasteiger partial charge in [0.25, 0.3) is 0 Å². The van der Waals surface area contributed by atoms with E-state index in [1.54, 1.807) is 7.11 Å². The Morgan fingerprint density at radius 3 is 2.50 bits per heavy atom. The molecule has 1 aromatic heterocycles. The Bertz CT molecular complexity index is 713. The van der Waals surface area contributed by atoms with E-state index in [4.69, 9.17) is 4.74 Å². The largest absolute Gasteiger partial charge is 0.497 e. The maximum atomic E-state index is 12.8. The van der Waals surface area contributed by atoms with E-state index in [1.165, 1.54) is 0 Å². The number of nitrogens with zero attached hydrogens (tertiary/aromatic N) is 2. The number of urea groups is 1. The van der Waals surface area contributed by atoms with Crippen molar-refractivity contribution in [2.45, 2.75) is 38.9 Å². The average molecular weight is 327 g/mol. The zero-order chi connectivity index (χ0) is 17.3. The van der Waals surface area contributed by atoms with Crippen molar-refractivity contribution in [3.63, 3.8) is 0 Å². The maximum Gasteiger partial charge on any atom is 0.318 e. The van der Waals surface area contributed by atoms with Crippen molar-refractivity contribution in [2.24, 2.45) is 0 Å². The first-order chi connectivity index (χ1) is 11.4. The molecule has 5 nitrogen and oxygen atoms in total. The van der Waals surface area contributed by atoms with Crippen LogP contribution in [0.5, 0.6) is 5.75 Å². The first kappa shape index (κ1) is 16.4. The SMILES string of the molecule is COc1ccc([C@@H]2c3cccn3CCN2C(=O)NC(C)(C)C)cc1. The number of carbonyl (C=O) groups excluding carboxylic acids is 1. The number of rotatable bonds is 2. The van der Waals surface area contributed by atoms with Gasteiger partial charge in [0.2, 0.25) is 0 Å². The van der Waals surface area contributed by atoms with E-state index in [0.717, 1.165) is 23.6 Å². The third-order valence-electron chi connectivity index (χ3n) is 4.21. The highest BCUT2D eigenvalue weighted by molar-refractivity contribution is 5.76. The lowest BCUT2D eigenvalue weighted by molar-refractivity contribution is 0.161. The second kappa shape index (κ2) is 6.23. The van der Waals surface area contributed by atoms with E-state index in [0.29, 0.717) is 6.54 Å². The van der Waals surface area contributed by atoms with Gasteiger partial charge in [0.1, 0.15) is 5.75 Å². The Balaban J connectivity index is 1.97. The van der Waals surface area contributed by atoms with Crippen molar-refractivity contribution in [3.05, 3.63) is 53.9 Å². The molecule has 0 radical (unpaired) electrons.